The monoisotopic (exact) mass is 504 g/mol. The molecule has 0 bridgehead atoms. The summed E-state index contributed by atoms with van der Waals surface area (Å²) in [6.45, 7) is 3.38. The lowest BCUT2D eigenvalue weighted by Crippen LogP contribution is -2.36. The van der Waals surface area contributed by atoms with Crippen LogP contribution in [0.25, 0.3) is 6.08 Å². The Morgan fingerprint density at radius 3 is 2.56 bits per heavy atom. The second-order valence-corrected chi connectivity index (χ2v) is 8.91. The average Bonchev–Trinajstić information content (AvgIpc) is 3.10. The number of aryl methyl sites for hydroxylation is 2. The van der Waals surface area contributed by atoms with Crippen LogP contribution in [0.2, 0.25) is 0 Å². The minimum atomic E-state index is -0.551. The summed E-state index contributed by atoms with van der Waals surface area (Å²) in [4.78, 5) is 52.8. The van der Waals surface area contributed by atoms with Crippen molar-refractivity contribution < 1.29 is 24.0 Å². The van der Waals surface area contributed by atoms with Crippen molar-refractivity contribution in [2.75, 3.05) is 11.9 Å². The van der Waals surface area contributed by atoms with Gasteiger partial charge in [0.1, 0.15) is 18.5 Å². The van der Waals surface area contributed by atoms with Crippen LogP contribution in [-0.4, -0.2) is 38.4 Å². The Kier molecular flexibility index (Phi) is 7.11. The third-order valence-corrected chi connectivity index (χ3v) is 6.08. The van der Waals surface area contributed by atoms with Gasteiger partial charge in [-0.15, -0.1) is 0 Å². The Morgan fingerprint density at radius 2 is 1.89 bits per heavy atom. The summed E-state index contributed by atoms with van der Waals surface area (Å²) in [5.74, 6) is -0.386. The fourth-order valence-corrected chi connectivity index (χ4v) is 4.12. The fraction of sp³-hybridized carbons (Fsp3) is 0.120. The molecule has 10 nitrogen and oxygen atoms in total. The molecule has 1 aliphatic rings. The predicted octanol–water partition coefficient (Wildman–Crippen LogP) is 5.07. The third kappa shape index (κ3) is 5.76. The van der Waals surface area contributed by atoms with E-state index in [0.29, 0.717) is 17.0 Å². The van der Waals surface area contributed by atoms with Crippen LogP contribution in [0.5, 0.6) is 11.6 Å². The number of nitro groups is 1. The standard InChI is InChI=1S/C25H20N4O6S/c1-15-3-4-16(2)20(11-15)27-22(30)14-28-24(31)21(36-25(28)32)12-17-5-8-19(9-6-17)35-23-10-7-18(13-26-23)29(33)34/h3-13H,14H2,1-2H3,(H,27,30)/b21-12-. The first kappa shape index (κ1) is 24.6. The second kappa shape index (κ2) is 10.4. The summed E-state index contributed by atoms with van der Waals surface area (Å²) >= 11 is 0.763. The first-order chi connectivity index (χ1) is 17.2. The summed E-state index contributed by atoms with van der Waals surface area (Å²) in [7, 11) is 0. The number of carbonyl (C=O) groups is 3. The molecule has 2 aromatic carbocycles. The number of thioether (sulfide) groups is 1. The van der Waals surface area contributed by atoms with E-state index in [2.05, 4.69) is 10.3 Å². The number of hydrogen-bond acceptors (Lipinski definition) is 8. The molecule has 0 spiro atoms. The topological polar surface area (TPSA) is 132 Å². The maximum Gasteiger partial charge on any atom is 0.294 e. The smallest absolute Gasteiger partial charge is 0.294 e. The van der Waals surface area contributed by atoms with Crippen molar-refractivity contribution in [3.05, 3.63) is 92.5 Å². The number of aromatic nitrogens is 1. The quantitative estimate of drug-likeness (QED) is 0.268. The highest BCUT2D eigenvalue weighted by atomic mass is 32.2. The van der Waals surface area contributed by atoms with Crippen molar-refractivity contribution in [3.8, 4) is 11.6 Å². The maximum absolute atomic E-state index is 12.8. The van der Waals surface area contributed by atoms with Gasteiger partial charge in [-0.25, -0.2) is 4.98 Å². The van der Waals surface area contributed by atoms with E-state index in [1.54, 1.807) is 30.3 Å². The fourth-order valence-electron chi connectivity index (χ4n) is 3.29. The molecule has 1 saturated heterocycles. The van der Waals surface area contributed by atoms with Gasteiger partial charge in [0.05, 0.1) is 9.83 Å². The highest BCUT2D eigenvalue weighted by Gasteiger charge is 2.36. The van der Waals surface area contributed by atoms with E-state index in [-0.39, 0.29) is 23.0 Å². The lowest BCUT2D eigenvalue weighted by Gasteiger charge is -2.14. The van der Waals surface area contributed by atoms with Crippen LogP contribution in [-0.2, 0) is 9.59 Å². The number of nitrogens with zero attached hydrogens (tertiary/aromatic N) is 3. The van der Waals surface area contributed by atoms with Crippen molar-refractivity contribution in [2.24, 2.45) is 0 Å². The van der Waals surface area contributed by atoms with E-state index >= 15 is 0 Å². The van der Waals surface area contributed by atoms with Gasteiger partial charge < -0.3 is 10.1 Å². The number of carbonyl (C=O) groups excluding carboxylic acids is 3. The maximum atomic E-state index is 12.8. The highest BCUT2D eigenvalue weighted by molar-refractivity contribution is 8.18. The molecule has 3 amide bonds. The normalized spacial score (nSPS) is 14.3. The van der Waals surface area contributed by atoms with Crippen LogP contribution >= 0.6 is 11.8 Å². The van der Waals surface area contributed by atoms with E-state index in [9.17, 15) is 24.5 Å². The first-order valence-corrected chi connectivity index (χ1v) is 11.5. The van der Waals surface area contributed by atoms with Crippen LogP contribution in [0.1, 0.15) is 16.7 Å². The molecule has 0 aliphatic carbocycles. The summed E-state index contributed by atoms with van der Waals surface area (Å²) in [5, 5.41) is 12.9. The molecule has 2 heterocycles. The zero-order valence-electron chi connectivity index (χ0n) is 19.3. The van der Waals surface area contributed by atoms with Gasteiger partial charge in [0.25, 0.3) is 16.8 Å². The molecule has 4 rings (SSSR count). The number of pyridine rings is 1. The molecule has 1 N–H and O–H groups in total. The van der Waals surface area contributed by atoms with Gasteiger partial charge >= 0.3 is 0 Å². The molecule has 1 aliphatic heterocycles. The number of anilines is 1. The van der Waals surface area contributed by atoms with Crippen LogP contribution < -0.4 is 10.1 Å². The number of nitrogens with one attached hydrogen (secondary N) is 1. The first-order valence-electron chi connectivity index (χ1n) is 10.7. The average molecular weight is 505 g/mol. The Labute approximate surface area is 210 Å². The SMILES string of the molecule is Cc1ccc(C)c(NC(=O)CN2C(=O)S/C(=C\c3ccc(Oc4ccc([N+](=O)[O-])cn4)cc3)C2=O)c1. The van der Waals surface area contributed by atoms with Crippen molar-refractivity contribution in [1.82, 2.24) is 9.88 Å². The highest BCUT2D eigenvalue weighted by Crippen LogP contribution is 2.32. The number of benzene rings is 2. The number of imide groups is 1. The lowest BCUT2D eigenvalue weighted by molar-refractivity contribution is -0.385. The zero-order valence-corrected chi connectivity index (χ0v) is 20.1. The summed E-state index contributed by atoms with van der Waals surface area (Å²) < 4.78 is 5.57. The number of amides is 3. The molecular formula is C25H20N4O6S. The number of ether oxygens (including phenoxy) is 1. The Morgan fingerprint density at radius 1 is 1.14 bits per heavy atom. The van der Waals surface area contributed by atoms with Gasteiger partial charge in [-0.05, 0) is 66.6 Å². The van der Waals surface area contributed by atoms with Crippen molar-refractivity contribution in [3.63, 3.8) is 0 Å². The van der Waals surface area contributed by atoms with Crippen LogP contribution in [0.4, 0.5) is 16.2 Å². The summed E-state index contributed by atoms with van der Waals surface area (Å²) in [5.41, 5.74) is 2.98. The molecule has 0 atom stereocenters. The minimum absolute atomic E-state index is 0.144. The molecule has 11 heteroatoms. The minimum Gasteiger partial charge on any atom is -0.439 e. The lowest BCUT2D eigenvalue weighted by atomic mass is 10.1. The van der Waals surface area contributed by atoms with Crippen LogP contribution in [0.3, 0.4) is 0 Å². The largest absolute Gasteiger partial charge is 0.439 e. The van der Waals surface area contributed by atoms with Gasteiger partial charge in [-0.3, -0.25) is 29.4 Å². The number of hydrogen-bond donors (Lipinski definition) is 1. The second-order valence-electron chi connectivity index (χ2n) is 7.92. The van der Waals surface area contributed by atoms with Crippen LogP contribution in [0.15, 0.2) is 65.7 Å². The van der Waals surface area contributed by atoms with E-state index < -0.39 is 22.0 Å². The van der Waals surface area contributed by atoms with Gasteiger partial charge in [0, 0.05) is 17.8 Å². The molecular weight excluding hydrogens is 484 g/mol. The Hall–Kier alpha value is -4.51. The molecule has 182 valence electrons. The molecule has 0 unspecified atom stereocenters. The van der Waals surface area contributed by atoms with Crippen LogP contribution in [0, 0.1) is 24.0 Å². The Balaban J connectivity index is 1.39. The van der Waals surface area contributed by atoms with E-state index in [1.807, 2.05) is 32.0 Å². The van der Waals surface area contributed by atoms with Crippen molar-refractivity contribution in [2.45, 2.75) is 13.8 Å². The predicted molar refractivity (Wildman–Crippen MR) is 135 cm³/mol. The molecule has 3 aromatic rings. The summed E-state index contributed by atoms with van der Waals surface area (Å²) in [6.07, 6.45) is 2.66. The third-order valence-electron chi connectivity index (χ3n) is 5.17. The van der Waals surface area contributed by atoms with E-state index in [4.69, 9.17) is 4.74 Å². The molecule has 0 saturated carbocycles. The molecule has 0 radical (unpaired) electrons. The van der Waals surface area contributed by atoms with Gasteiger partial charge in [-0.2, -0.15) is 0 Å². The Bertz CT molecular complexity index is 1390. The van der Waals surface area contributed by atoms with Gasteiger partial charge in [0.2, 0.25) is 11.8 Å². The van der Waals surface area contributed by atoms with E-state index in [1.165, 1.54) is 12.1 Å². The van der Waals surface area contributed by atoms with Gasteiger partial charge in [0.15, 0.2) is 0 Å². The van der Waals surface area contributed by atoms with Crippen molar-refractivity contribution >= 4 is 46.3 Å². The molecule has 1 aromatic heterocycles. The summed E-state index contributed by atoms with van der Waals surface area (Å²) in [6, 6.07) is 14.9. The van der Waals surface area contributed by atoms with Crippen molar-refractivity contribution in [1.29, 1.82) is 0 Å². The van der Waals surface area contributed by atoms with E-state index in [0.717, 1.165) is 34.0 Å². The zero-order chi connectivity index (χ0) is 25.8. The van der Waals surface area contributed by atoms with Gasteiger partial charge in [-0.1, -0.05) is 24.3 Å². The molecule has 36 heavy (non-hydrogen) atoms. The molecule has 1 fully saturated rings. The number of rotatable bonds is 7.